The van der Waals surface area contributed by atoms with Gasteiger partial charge in [0, 0.05) is 52.1 Å². The van der Waals surface area contributed by atoms with Crippen LogP contribution in [0, 0.1) is 0 Å². The van der Waals surface area contributed by atoms with Crippen molar-refractivity contribution < 1.29 is 52.6 Å². The molecule has 2 fully saturated rings. The lowest BCUT2D eigenvalue weighted by Gasteiger charge is -2.50. The number of imidazole rings is 1. The standard InChI is InChI=1S/C35H49N5O11/c1-6-16-50-34(44)40-25-20-27(48-18-11-13-29(41)36-28-21-38(2)31(37-28)33(42)43)26(45-3)19-23(25)35(46-4,47-5)22-39-15-9-7-12-24(39)32(40)51-30-14-8-10-17-49-30/h6,19-21,24,30,32H,1,7-18,22H2,2-5H3,(H,36,41)(H,42,43)/t24-,30?,32-/m0/s1. The highest BCUT2D eigenvalue weighted by Crippen LogP contribution is 2.46. The van der Waals surface area contributed by atoms with Crippen LogP contribution < -0.4 is 19.7 Å². The molecule has 0 spiro atoms. The SMILES string of the molecule is C=CCOC(=O)N1c2cc(OCCCC(=O)Nc3cn(C)c(C(=O)O)n3)c(OC)cc2C(OC)(OC)CN2CCCC[C@H]2[C@@H]1OC1CCCCO1. The second-order valence-electron chi connectivity index (χ2n) is 12.6. The molecule has 3 atom stereocenters. The zero-order chi connectivity index (χ0) is 36.5. The molecule has 3 aliphatic heterocycles. The van der Waals surface area contributed by atoms with Crippen molar-refractivity contribution in [2.75, 3.05) is 64.5 Å². The zero-order valence-electron chi connectivity index (χ0n) is 29.8. The number of rotatable bonds is 14. The van der Waals surface area contributed by atoms with E-state index in [4.69, 9.17) is 33.2 Å². The molecule has 0 aliphatic carbocycles. The van der Waals surface area contributed by atoms with E-state index in [0.29, 0.717) is 48.7 Å². The molecule has 16 heteroatoms. The number of carboxylic acid groups (broad SMARTS) is 1. The van der Waals surface area contributed by atoms with Gasteiger partial charge in [-0.2, -0.15) is 0 Å². The summed E-state index contributed by atoms with van der Waals surface area (Å²) in [6.45, 7) is 5.46. The van der Waals surface area contributed by atoms with Gasteiger partial charge in [0.25, 0.3) is 0 Å². The molecular weight excluding hydrogens is 666 g/mol. The minimum absolute atomic E-state index is 0.0247. The molecule has 5 rings (SSSR count). The Morgan fingerprint density at radius 2 is 1.90 bits per heavy atom. The van der Waals surface area contributed by atoms with Gasteiger partial charge < -0.3 is 48.1 Å². The largest absolute Gasteiger partial charge is 0.493 e. The summed E-state index contributed by atoms with van der Waals surface area (Å²) in [6, 6.07) is 3.18. The van der Waals surface area contributed by atoms with Gasteiger partial charge in [0.05, 0.1) is 32.0 Å². The number of nitrogens with one attached hydrogen (secondary N) is 1. The highest BCUT2D eigenvalue weighted by Gasteiger charge is 2.49. The number of anilines is 2. The van der Waals surface area contributed by atoms with Gasteiger partial charge in [-0.05, 0) is 51.1 Å². The number of aromatic nitrogens is 2. The van der Waals surface area contributed by atoms with Gasteiger partial charge in [0.15, 0.2) is 29.8 Å². The highest BCUT2D eigenvalue weighted by molar-refractivity contribution is 5.91. The molecule has 3 aliphatic rings. The quantitative estimate of drug-likeness (QED) is 0.162. The molecule has 2 saturated heterocycles. The number of carbonyl (C=O) groups excluding carboxylic acids is 2. The summed E-state index contributed by atoms with van der Waals surface area (Å²) >= 11 is 0. The van der Waals surface area contributed by atoms with Crippen LogP contribution >= 0.6 is 0 Å². The van der Waals surface area contributed by atoms with E-state index >= 15 is 0 Å². The lowest BCUT2D eigenvalue weighted by Crippen LogP contribution is -2.62. The molecule has 0 saturated carbocycles. The average molecular weight is 716 g/mol. The number of piperidine rings is 1. The number of hydrogen-bond donors (Lipinski definition) is 2. The van der Waals surface area contributed by atoms with Crippen LogP contribution in [0.5, 0.6) is 11.5 Å². The smallest absolute Gasteiger partial charge is 0.416 e. The van der Waals surface area contributed by atoms with Crippen LogP contribution in [0.25, 0.3) is 0 Å². The third kappa shape index (κ3) is 8.64. The van der Waals surface area contributed by atoms with E-state index in [0.717, 1.165) is 38.6 Å². The summed E-state index contributed by atoms with van der Waals surface area (Å²) < 4.78 is 44.1. The zero-order valence-corrected chi connectivity index (χ0v) is 29.8. The van der Waals surface area contributed by atoms with E-state index in [-0.39, 0.29) is 43.2 Å². The molecular formula is C35H49N5O11. The van der Waals surface area contributed by atoms with Crippen molar-refractivity contribution in [3.8, 4) is 11.5 Å². The van der Waals surface area contributed by atoms with Crippen LogP contribution in [0.15, 0.2) is 31.0 Å². The van der Waals surface area contributed by atoms with Crippen molar-refractivity contribution in [2.24, 2.45) is 7.05 Å². The fourth-order valence-electron chi connectivity index (χ4n) is 6.83. The Morgan fingerprint density at radius 1 is 1.12 bits per heavy atom. The van der Waals surface area contributed by atoms with E-state index in [1.807, 2.05) is 0 Å². The van der Waals surface area contributed by atoms with Gasteiger partial charge in [0.1, 0.15) is 6.61 Å². The Kier molecular flexibility index (Phi) is 12.9. The number of carbonyl (C=O) groups is 3. The molecule has 4 heterocycles. The first-order valence-corrected chi connectivity index (χ1v) is 17.2. The molecule has 1 aromatic carbocycles. The van der Waals surface area contributed by atoms with Crippen molar-refractivity contribution in [2.45, 2.75) is 75.7 Å². The van der Waals surface area contributed by atoms with E-state index in [9.17, 15) is 19.5 Å². The Morgan fingerprint density at radius 3 is 2.57 bits per heavy atom. The van der Waals surface area contributed by atoms with Crippen molar-refractivity contribution in [1.29, 1.82) is 0 Å². The average Bonchev–Trinajstić information content (AvgIpc) is 3.51. The fourth-order valence-corrected chi connectivity index (χ4v) is 6.83. The van der Waals surface area contributed by atoms with Crippen LogP contribution in [-0.2, 0) is 41.3 Å². The second kappa shape index (κ2) is 17.3. The first-order chi connectivity index (χ1) is 24.6. The molecule has 0 radical (unpaired) electrons. The number of aryl methyl sites for hydroxylation is 1. The number of methoxy groups -OCH3 is 3. The molecule has 1 unspecified atom stereocenters. The fraction of sp³-hybridized carbons (Fsp3) is 0.600. The summed E-state index contributed by atoms with van der Waals surface area (Å²) in [5.74, 6) is -2.26. The second-order valence-corrected chi connectivity index (χ2v) is 12.6. The number of ether oxygens (including phenoxy) is 7. The summed E-state index contributed by atoms with van der Waals surface area (Å²) in [5.41, 5.74) is 0.890. The van der Waals surface area contributed by atoms with Crippen molar-refractivity contribution in [3.05, 3.63) is 42.4 Å². The number of nitrogens with zero attached hydrogens (tertiary/aromatic N) is 4. The molecule has 2 N–H and O–H groups in total. The molecule has 1 aromatic heterocycles. The molecule has 51 heavy (non-hydrogen) atoms. The first-order valence-electron chi connectivity index (χ1n) is 17.2. The van der Waals surface area contributed by atoms with Gasteiger partial charge in [0.2, 0.25) is 17.5 Å². The van der Waals surface area contributed by atoms with Crippen LogP contribution in [-0.4, -0.2) is 110 Å². The van der Waals surface area contributed by atoms with E-state index in [1.54, 1.807) is 26.4 Å². The molecule has 2 amide bonds. The minimum Gasteiger partial charge on any atom is -0.493 e. The van der Waals surface area contributed by atoms with Crippen molar-refractivity contribution >= 4 is 29.5 Å². The number of hydrogen-bond acceptors (Lipinski definition) is 12. The lowest BCUT2D eigenvalue weighted by atomic mass is 9.92. The topological polar surface area (TPSA) is 172 Å². The summed E-state index contributed by atoms with van der Waals surface area (Å²) in [7, 11) is 6.16. The van der Waals surface area contributed by atoms with Gasteiger partial charge >= 0.3 is 12.1 Å². The predicted molar refractivity (Wildman–Crippen MR) is 184 cm³/mol. The Bertz CT molecular complexity index is 1540. The van der Waals surface area contributed by atoms with Gasteiger partial charge in [-0.25, -0.2) is 19.5 Å². The Hall–Kier alpha value is -4.22. The first kappa shape index (κ1) is 38.0. The highest BCUT2D eigenvalue weighted by atomic mass is 16.7. The van der Waals surface area contributed by atoms with Gasteiger partial charge in [-0.1, -0.05) is 19.1 Å². The summed E-state index contributed by atoms with van der Waals surface area (Å²) in [4.78, 5) is 45.8. The number of carboxylic acids is 1. The number of amides is 2. The van der Waals surface area contributed by atoms with Crippen LogP contribution in [0.1, 0.15) is 67.5 Å². The molecule has 2 aromatic rings. The van der Waals surface area contributed by atoms with E-state index in [2.05, 4.69) is 21.8 Å². The third-order valence-corrected chi connectivity index (χ3v) is 9.36. The Balaban J connectivity index is 1.48. The van der Waals surface area contributed by atoms with Gasteiger partial charge in [-0.15, -0.1) is 0 Å². The van der Waals surface area contributed by atoms with Crippen LogP contribution in [0.4, 0.5) is 16.3 Å². The lowest BCUT2D eigenvalue weighted by molar-refractivity contribution is -0.243. The predicted octanol–water partition coefficient (Wildman–Crippen LogP) is 4.24. The summed E-state index contributed by atoms with van der Waals surface area (Å²) in [6.07, 6.45) is 6.56. The van der Waals surface area contributed by atoms with E-state index < -0.39 is 30.4 Å². The van der Waals surface area contributed by atoms with Crippen molar-refractivity contribution in [3.63, 3.8) is 0 Å². The Labute approximate surface area is 297 Å². The van der Waals surface area contributed by atoms with E-state index in [1.165, 1.54) is 35.9 Å². The molecule has 280 valence electrons. The maximum Gasteiger partial charge on any atom is 0.416 e. The number of benzene rings is 1. The van der Waals surface area contributed by atoms with Crippen LogP contribution in [0.3, 0.4) is 0 Å². The minimum atomic E-state index is -1.32. The number of fused-ring (bicyclic) bond motifs is 2. The third-order valence-electron chi connectivity index (χ3n) is 9.36. The number of aromatic carboxylic acids is 1. The van der Waals surface area contributed by atoms with Crippen LogP contribution in [0.2, 0.25) is 0 Å². The van der Waals surface area contributed by atoms with Gasteiger partial charge in [-0.3, -0.25) is 9.69 Å². The molecule has 16 nitrogen and oxygen atoms in total. The van der Waals surface area contributed by atoms with Crippen molar-refractivity contribution in [1.82, 2.24) is 14.5 Å². The molecule has 0 bridgehead atoms. The normalized spacial score (nSPS) is 21.7. The monoisotopic (exact) mass is 715 g/mol. The maximum atomic E-state index is 14.2. The summed E-state index contributed by atoms with van der Waals surface area (Å²) in [5, 5.41) is 11.9. The maximum absolute atomic E-state index is 14.2.